The quantitative estimate of drug-likeness (QED) is 0.463. The number of carbonyl (C=O) groups excluding carboxylic acids is 1. The summed E-state index contributed by atoms with van der Waals surface area (Å²) in [7, 11) is 3.91. The van der Waals surface area contributed by atoms with Gasteiger partial charge < -0.3 is 0 Å². The molecule has 0 aliphatic carbocycles. The van der Waals surface area contributed by atoms with E-state index in [1.165, 1.54) is 0 Å². The minimum absolute atomic E-state index is 0.741. The lowest BCUT2D eigenvalue weighted by atomic mass is 10.2. The second-order valence-corrected chi connectivity index (χ2v) is 3.77. The number of anilines is 1. The van der Waals surface area contributed by atoms with Crippen molar-refractivity contribution in [2.24, 2.45) is 0 Å². The Hall–Kier alpha value is -1.77. The maximum Gasteiger partial charge on any atom is 0.147 e. The van der Waals surface area contributed by atoms with Gasteiger partial charge in [0.1, 0.15) is 6.29 Å². The van der Waals surface area contributed by atoms with Crippen molar-refractivity contribution in [1.82, 2.24) is 5.01 Å². The van der Waals surface area contributed by atoms with Gasteiger partial charge in [-0.2, -0.15) is 0 Å². The molecule has 1 aromatic rings. The van der Waals surface area contributed by atoms with Gasteiger partial charge in [-0.3, -0.25) is 14.8 Å². The highest BCUT2D eigenvalue weighted by atomic mass is 16.1. The van der Waals surface area contributed by atoms with Gasteiger partial charge in [0.15, 0.2) is 0 Å². The van der Waals surface area contributed by atoms with Gasteiger partial charge in [-0.15, -0.1) is 0 Å². The van der Waals surface area contributed by atoms with E-state index in [-0.39, 0.29) is 0 Å². The summed E-state index contributed by atoms with van der Waals surface area (Å²) in [5, 5.41) is 3.96. The second kappa shape index (κ2) is 8.34. The maximum atomic E-state index is 10.7. The first-order valence-electron chi connectivity index (χ1n) is 6.23. The molecular formula is C15H24N2O. The van der Waals surface area contributed by atoms with Crippen LogP contribution in [0.25, 0.3) is 0 Å². The number of hydrazine groups is 1. The van der Waals surface area contributed by atoms with Crippen LogP contribution in [-0.4, -0.2) is 25.4 Å². The van der Waals surface area contributed by atoms with Crippen LogP contribution in [0.4, 0.5) is 5.69 Å². The van der Waals surface area contributed by atoms with Crippen LogP contribution in [-0.2, 0) is 4.79 Å². The first-order valence-corrected chi connectivity index (χ1v) is 6.23. The molecule has 0 aromatic heterocycles. The number of hydrogen-bond acceptors (Lipinski definition) is 3. The number of carbonyl (C=O) groups is 1. The maximum absolute atomic E-state index is 10.7. The monoisotopic (exact) mass is 248 g/mol. The molecule has 0 heterocycles. The van der Waals surface area contributed by atoms with Crippen molar-refractivity contribution >= 4 is 12.0 Å². The topological polar surface area (TPSA) is 23.6 Å². The Morgan fingerprint density at radius 2 is 1.56 bits per heavy atom. The highest BCUT2D eigenvalue weighted by molar-refractivity contribution is 5.73. The molecular weight excluding hydrogens is 224 g/mol. The molecule has 18 heavy (non-hydrogen) atoms. The van der Waals surface area contributed by atoms with E-state index in [1.54, 1.807) is 0 Å². The van der Waals surface area contributed by atoms with Crippen LogP contribution in [0.2, 0.25) is 0 Å². The zero-order valence-corrected chi connectivity index (χ0v) is 12.3. The number of rotatable bonds is 4. The van der Waals surface area contributed by atoms with Crippen molar-refractivity contribution in [2.45, 2.75) is 27.7 Å². The number of hydrogen-bond donors (Lipinski definition) is 0. The third-order valence-electron chi connectivity index (χ3n) is 2.81. The Morgan fingerprint density at radius 3 is 2.00 bits per heavy atom. The van der Waals surface area contributed by atoms with E-state index in [2.05, 4.69) is 0 Å². The zero-order chi connectivity index (χ0) is 14.1. The molecule has 0 amide bonds. The van der Waals surface area contributed by atoms with Crippen LogP contribution in [0.1, 0.15) is 27.7 Å². The predicted octanol–water partition coefficient (Wildman–Crippen LogP) is 3.49. The Bertz CT molecular complexity index is 385. The largest absolute Gasteiger partial charge is 0.298 e. The molecule has 3 nitrogen and oxygen atoms in total. The highest BCUT2D eigenvalue weighted by Gasteiger charge is 2.09. The standard InChI is InChI=1S/C13H18N2O.C2H6/c1-11(10-16)12(2)14(3)15(4)13-8-6-5-7-9-13;1-2/h5-10H,1-4H3;1-2H3/b12-11-;. The summed E-state index contributed by atoms with van der Waals surface area (Å²) in [6.07, 6.45) is 0.880. The Morgan fingerprint density at radius 1 is 1.06 bits per heavy atom. The van der Waals surface area contributed by atoms with Crippen molar-refractivity contribution in [2.75, 3.05) is 19.1 Å². The Labute approximate surface area is 111 Å². The van der Waals surface area contributed by atoms with Gasteiger partial charge in [0.25, 0.3) is 0 Å². The SMILES string of the molecule is C/C(C=O)=C(\C)N(C)N(C)c1ccccc1.CC. The number of para-hydroxylation sites is 1. The summed E-state index contributed by atoms with van der Waals surface area (Å²) >= 11 is 0. The zero-order valence-electron chi connectivity index (χ0n) is 12.3. The molecule has 0 saturated heterocycles. The average molecular weight is 248 g/mol. The number of nitrogens with zero attached hydrogens (tertiary/aromatic N) is 2. The van der Waals surface area contributed by atoms with E-state index in [1.807, 2.05) is 82.1 Å². The van der Waals surface area contributed by atoms with E-state index >= 15 is 0 Å². The van der Waals surface area contributed by atoms with E-state index in [0.29, 0.717) is 0 Å². The molecule has 1 aromatic carbocycles. The summed E-state index contributed by atoms with van der Waals surface area (Å²) in [6, 6.07) is 10.0. The van der Waals surface area contributed by atoms with Gasteiger partial charge in [-0.05, 0) is 26.0 Å². The van der Waals surface area contributed by atoms with E-state index in [4.69, 9.17) is 0 Å². The summed E-state index contributed by atoms with van der Waals surface area (Å²) in [4.78, 5) is 10.7. The summed E-state index contributed by atoms with van der Waals surface area (Å²) in [5.41, 5.74) is 2.77. The first kappa shape index (κ1) is 16.2. The molecule has 0 fully saturated rings. The van der Waals surface area contributed by atoms with Gasteiger partial charge in [0.2, 0.25) is 0 Å². The van der Waals surface area contributed by atoms with Gasteiger partial charge >= 0.3 is 0 Å². The van der Waals surface area contributed by atoms with Gasteiger partial charge in [-0.25, -0.2) is 0 Å². The lowest BCUT2D eigenvalue weighted by Gasteiger charge is -2.33. The normalized spacial score (nSPS) is 10.8. The van der Waals surface area contributed by atoms with Crippen LogP contribution in [0.15, 0.2) is 41.6 Å². The summed E-state index contributed by atoms with van der Waals surface area (Å²) < 4.78 is 0. The van der Waals surface area contributed by atoms with Crippen LogP contribution in [0, 0.1) is 0 Å². The Balaban J connectivity index is 0.00000137. The summed E-state index contributed by atoms with van der Waals surface area (Å²) in [6.45, 7) is 7.75. The highest BCUT2D eigenvalue weighted by Crippen LogP contribution is 2.16. The molecule has 1 rings (SSSR count). The second-order valence-electron chi connectivity index (χ2n) is 3.77. The number of allylic oxidation sites excluding steroid dienone is 2. The van der Waals surface area contributed by atoms with E-state index in [9.17, 15) is 4.79 Å². The third-order valence-corrected chi connectivity index (χ3v) is 2.81. The average Bonchev–Trinajstić information content (AvgIpc) is 2.47. The van der Waals surface area contributed by atoms with Crippen LogP contribution >= 0.6 is 0 Å². The van der Waals surface area contributed by atoms with E-state index < -0.39 is 0 Å². The predicted molar refractivity (Wildman–Crippen MR) is 78.4 cm³/mol. The minimum atomic E-state index is 0.741. The van der Waals surface area contributed by atoms with Crippen molar-refractivity contribution in [3.8, 4) is 0 Å². The number of aldehydes is 1. The Kier molecular flexibility index (Phi) is 7.52. The lowest BCUT2D eigenvalue weighted by Crippen LogP contribution is -2.35. The molecule has 3 heteroatoms. The number of benzene rings is 1. The smallest absolute Gasteiger partial charge is 0.147 e. The van der Waals surface area contributed by atoms with Crippen molar-refractivity contribution in [1.29, 1.82) is 0 Å². The molecule has 0 spiro atoms. The van der Waals surface area contributed by atoms with Crippen LogP contribution in [0.3, 0.4) is 0 Å². The van der Waals surface area contributed by atoms with Crippen molar-refractivity contribution in [3.05, 3.63) is 41.6 Å². The van der Waals surface area contributed by atoms with Gasteiger partial charge in [0.05, 0.1) is 5.69 Å². The minimum Gasteiger partial charge on any atom is -0.298 e. The molecule has 0 aliphatic heterocycles. The fourth-order valence-corrected chi connectivity index (χ4v) is 1.38. The van der Waals surface area contributed by atoms with Gasteiger partial charge in [-0.1, -0.05) is 32.0 Å². The molecule has 0 radical (unpaired) electrons. The van der Waals surface area contributed by atoms with Crippen molar-refractivity contribution in [3.63, 3.8) is 0 Å². The molecule has 0 unspecified atom stereocenters. The van der Waals surface area contributed by atoms with E-state index in [0.717, 1.165) is 23.2 Å². The molecule has 100 valence electrons. The van der Waals surface area contributed by atoms with Crippen molar-refractivity contribution < 1.29 is 4.79 Å². The lowest BCUT2D eigenvalue weighted by molar-refractivity contribution is -0.105. The van der Waals surface area contributed by atoms with Crippen LogP contribution in [0.5, 0.6) is 0 Å². The first-order chi connectivity index (χ1) is 8.57. The fourth-order valence-electron chi connectivity index (χ4n) is 1.38. The summed E-state index contributed by atoms with van der Waals surface area (Å²) in [5.74, 6) is 0. The molecule has 0 aliphatic rings. The molecule has 0 atom stereocenters. The molecule has 0 N–H and O–H groups in total. The molecule has 0 saturated carbocycles. The van der Waals surface area contributed by atoms with Gasteiger partial charge in [0, 0.05) is 25.4 Å². The van der Waals surface area contributed by atoms with Crippen LogP contribution < -0.4 is 5.01 Å². The fraction of sp³-hybridized carbons (Fsp3) is 0.400. The molecule has 0 bridgehead atoms. The third kappa shape index (κ3) is 4.24.